The van der Waals surface area contributed by atoms with Crippen LogP contribution in [0.5, 0.6) is 0 Å². The number of ether oxygens (including phenoxy) is 2. The summed E-state index contributed by atoms with van der Waals surface area (Å²) in [6.07, 6.45) is 39.6. The van der Waals surface area contributed by atoms with Crippen molar-refractivity contribution in [3.05, 3.63) is 24.3 Å². The topological polar surface area (TPSA) is 192 Å². The normalized spacial score (nSPS) is 21.5. The number of rotatable bonds is 47. The van der Waals surface area contributed by atoms with E-state index in [2.05, 4.69) is 38.2 Å². The molecule has 13 heteroatoms. The van der Waals surface area contributed by atoms with Crippen LogP contribution in [0, 0.1) is 0 Å². The van der Waals surface area contributed by atoms with Crippen LogP contribution in [-0.2, 0) is 27.9 Å². The molecule has 0 saturated heterocycles. The summed E-state index contributed by atoms with van der Waals surface area (Å²) in [5.41, 5.74) is 0. The molecule has 0 aromatic heterocycles. The summed E-state index contributed by atoms with van der Waals surface area (Å²) in [5.74, 6) is -0.480. The Labute approximate surface area is 402 Å². The summed E-state index contributed by atoms with van der Waals surface area (Å²) < 4.78 is 34.3. The fraction of sp³-hybridized carbons (Fsp3) is 0.906. The molecule has 0 heterocycles. The number of aliphatic hydroxyl groups is 5. The highest BCUT2D eigenvalue weighted by molar-refractivity contribution is 7.47. The molecule has 0 aromatic rings. The predicted molar refractivity (Wildman–Crippen MR) is 267 cm³/mol. The maximum Gasteiger partial charge on any atom is 0.472 e. The Morgan fingerprint density at radius 2 is 0.848 bits per heavy atom. The first-order valence-electron chi connectivity index (χ1n) is 27.2. The van der Waals surface area contributed by atoms with Crippen LogP contribution in [-0.4, -0.2) is 98.9 Å². The average molecular weight is 961 g/mol. The van der Waals surface area contributed by atoms with Crippen molar-refractivity contribution in [3.8, 4) is 0 Å². The number of hydrogen-bond donors (Lipinski definition) is 6. The van der Waals surface area contributed by atoms with E-state index in [1.165, 1.54) is 161 Å². The summed E-state index contributed by atoms with van der Waals surface area (Å²) in [6, 6.07) is 0. The van der Waals surface area contributed by atoms with Gasteiger partial charge in [0.05, 0.1) is 13.2 Å². The first-order chi connectivity index (χ1) is 32.0. The number of hydrogen-bond acceptors (Lipinski definition) is 11. The highest BCUT2D eigenvalue weighted by Gasteiger charge is 2.51. The van der Waals surface area contributed by atoms with Gasteiger partial charge in [-0.1, -0.05) is 218 Å². The predicted octanol–water partition coefficient (Wildman–Crippen LogP) is 12.4. The number of allylic oxidation sites excluding steroid dienone is 4. The molecular weight excluding hydrogens is 860 g/mol. The van der Waals surface area contributed by atoms with Crippen LogP contribution in [0.3, 0.4) is 0 Å². The molecule has 1 rings (SSSR count). The Kier molecular flexibility index (Phi) is 41.7. The van der Waals surface area contributed by atoms with E-state index in [9.17, 15) is 39.8 Å². The van der Waals surface area contributed by atoms with Gasteiger partial charge in [-0.3, -0.25) is 13.8 Å². The van der Waals surface area contributed by atoms with Crippen molar-refractivity contribution >= 4 is 13.8 Å². The summed E-state index contributed by atoms with van der Waals surface area (Å²) in [6.45, 7) is 4.27. The van der Waals surface area contributed by atoms with Gasteiger partial charge in [0.25, 0.3) is 0 Å². The molecule has 6 atom stereocenters. The Morgan fingerprint density at radius 3 is 1.30 bits per heavy atom. The van der Waals surface area contributed by atoms with Gasteiger partial charge in [-0.25, -0.2) is 4.57 Å². The molecule has 0 spiro atoms. The van der Waals surface area contributed by atoms with E-state index in [-0.39, 0.29) is 13.0 Å². The summed E-state index contributed by atoms with van der Waals surface area (Å²) >= 11 is 0. The number of unbranched alkanes of at least 4 members (excludes halogenated alkanes) is 31. The molecule has 1 aliphatic rings. The molecule has 1 aliphatic carbocycles. The van der Waals surface area contributed by atoms with E-state index in [4.69, 9.17) is 18.5 Å². The number of phosphoric acid groups is 1. The number of carbonyl (C=O) groups excluding carboxylic acids is 1. The van der Waals surface area contributed by atoms with Crippen molar-refractivity contribution < 1.29 is 58.3 Å². The van der Waals surface area contributed by atoms with Gasteiger partial charge in [-0.15, -0.1) is 0 Å². The molecule has 66 heavy (non-hydrogen) atoms. The third-order valence-corrected chi connectivity index (χ3v) is 13.8. The fourth-order valence-electron chi connectivity index (χ4n) is 8.51. The smallest absolute Gasteiger partial charge is 0.457 e. The fourth-order valence-corrected chi connectivity index (χ4v) is 9.48. The Morgan fingerprint density at radius 1 is 0.485 bits per heavy atom. The van der Waals surface area contributed by atoms with E-state index in [1.807, 2.05) is 0 Å². The first-order valence-corrected chi connectivity index (χ1v) is 28.7. The van der Waals surface area contributed by atoms with Crippen molar-refractivity contribution in [2.45, 2.75) is 288 Å². The third kappa shape index (κ3) is 35.0. The minimum Gasteiger partial charge on any atom is -0.457 e. The van der Waals surface area contributed by atoms with Crippen LogP contribution in [0.15, 0.2) is 24.3 Å². The zero-order chi connectivity index (χ0) is 48.4. The van der Waals surface area contributed by atoms with Crippen LogP contribution in [0.25, 0.3) is 0 Å². The van der Waals surface area contributed by atoms with Gasteiger partial charge < -0.3 is 39.9 Å². The molecule has 0 amide bonds. The van der Waals surface area contributed by atoms with E-state index < -0.39 is 63.1 Å². The molecule has 1 fully saturated rings. The molecule has 0 bridgehead atoms. The molecule has 6 N–H and O–H groups in total. The monoisotopic (exact) mass is 961 g/mol. The van der Waals surface area contributed by atoms with Gasteiger partial charge in [0, 0.05) is 13.0 Å². The zero-order valence-corrected chi connectivity index (χ0v) is 42.9. The second kappa shape index (κ2) is 43.8. The largest absolute Gasteiger partial charge is 0.472 e. The quantitative estimate of drug-likeness (QED) is 0.0147. The zero-order valence-electron chi connectivity index (χ0n) is 42.0. The van der Waals surface area contributed by atoms with Crippen molar-refractivity contribution in [2.24, 2.45) is 0 Å². The Hall–Kier alpha value is -1.18. The van der Waals surface area contributed by atoms with Gasteiger partial charge in [-0.2, -0.15) is 0 Å². The Balaban J connectivity index is 2.30. The Bertz CT molecular complexity index is 1190. The van der Waals surface area contributed by atoms with Gasteiger partial charge in [-0.05, 0) is 44.9 Å². The van der Waals surface area contributed by atoms with Crippen LogP contribution >= 0.6 is 7.82 Å². The SMILES string of the molecule is CCCCC/C=C\C/C=C\CCCCCCCCCC(=O)OC(COCCCCCCCCCCCCCCCCCCCCCCCC)COP(=O)(O)OC1C(O)C(O)C(O)C(O)C1O. The van der Waals surface area contributed by atoms with Gasteiger partial charge in [0.1, 0.15) is 42.7 Å². The van der Waals surface area contributed by atoms with Crippen LogP contribution in [0.4, 0.5) is 0 Å². The second-order valence-corrected chi connectivity index (χ2v) is 20.5. The van der Waals surface area contributed by atoms with E-state index >= 15 is 0 Å². The number of aliphatic hydroxyl groups excluding tert-OH is 5. The maximum atomic E-state index is 12.9. The molecular formula is C53H101O12P. The lowest BCUT2D eigenvalue weighted by molar-refractivity contribution is -0.220. The van der Waals surface area contributed by atoms with Crippen molar-refractivity contribution in [3.63, 3.8) is 0 Å². The lowest BCUT2D eigenvalue weighted by atomic mass is 9.85. The molecule has 0 radical (unpaired) electrons. The van der Waals surface area contributed by atoms with Crippen molar-refractivity contribution in [1.29, 1.82) is 0 Å². The number of carbonyl (C=O) groups is 1. The van der Waals surface area contributed by atoms with Crippen LogP contribution in [0.1, 0.15) is 245 Å². The van der Waals surface area contributed by atoms with E-state index in [1.54, 1.807) is 0 Å². The third-order valence-electron chi connectivity index (χ3n) is 12.8. The lowest BCUT2D eigenvalue weighted by Gasteiger charge is -2.41. The van der Waals surface area contributed by atoms with Gasteiger partial charge in [0.2, 0.25) is 0 Å². The van der Waals surface area contributed by atoms with Gasteiger partial charge >= 0.3 is 13.8 Å². The first kappa shape index (κ1) is 62.8. The van der Waals surface area contributed by atoms with E-state index in [0.717, 1.165) is 57.8 Å². The lowest BCUT2D eigenvalue weighted by Crippen LogP contribution is -2.64. The van der Waals surface area contributed by atoms with Crippen molar-refractivity contribution in [2.75, 3.05) is 19.8 Å². The summed E-state index contributed by atoms with van der Waals surface area (Å²) in [7, 11) is -5.02. The standard InChI is InChI=1S/C53H101O12P/c1-3-5-7-9-11-13-15-17-19-21-22-23-24-25-27-29-31-33-35-37-39-41-43-62-44-46(45-63-66(60,61)65-53-51(58)49(56)48(55)50(57)52(53)59)64-47(54)42-40-38-36-34-32-30-28-26-20-18-16-14-12-10-8-6-4-2/h12,14,18,20,46,48-53,55-59H,3-11,13,15-17,19,21-45H2,1-2H3,(H,60,61)/b14-12-,20-18-. The molecule has 0 aliphatic heterocycles. The molecule has 1 saturated carbocycles. The maximum absolute atomic E-state index is 12.9. The van der Waals surface area contributed by atoms with Crippen molar-refractivity contribution in [1.82, 2.24) is 0 Å². The minimum absolute atomic E-state index is 0.0752. The van der Waals surface area contributed by atoms with Crippen LogP contribution in [0.2, 0.25) is 0 Å². The van der Waals surface area contributed by atoms with Gasteiger partial charge in [0.15, 0.2) is 0 Å². The molecule has 390 valence electrons. The number of esters is 1. The summed E-state index contributed by atoms with van der Waals surface area (Å²) in [4.78, 5) is 23.3. The summed E-state index contributed by atoms with van der Waals surface area (Å²) in [5, 5.41) is 50.3. The highest BCUT2D eigenvalue weighted by atomic mass is 31.2. The molecule has 12 nitrogen and oxygen atoms in total. The van der Waals surface area contributed by atoms with Crippen LogP contribution < -0.4 is 0 Å². The number of phosphoric ester groups is 1. The second-order valence-electron chi connectivity index (χ2n) is 19.1. The minimum atomic E-state index is -5.02. The average Bonchev–Trinajstić information content (AvgIpc) is 3.30. The molecule has 0 aromatic carbocycles. The molecule has 6 unspecified atom stereocenters. The van der Waals surface area contributed by atoms with E-state index in [0.29, 0.717) is 13.0 Å². The highest BCUT2D eigenvalue weighted by Crippen LogP contribution is 2.47.